The number of nitrogens with one attached hydrogen (secondary N) is 1. The van der Waals surface area contributed by atoms with Crippen molar-refractivity contribution >= 4 is 51.7 Å². The highest BCUT2D eigenvalue weighted by Crippen LogP contribution is 2.51. The first kappa shape index (κ1) is 36.2. The number of hydrogen-bond acceptors (Lipinski definition) is 17. The van der Waals surface area contributed by atoms with Gasteiger partial charge in [0.1, 0.15) is 54.5 Å². The molecule has 0 saturated carbocycles. The summed E-state index contributed by atoms with van der Waals surface area (Å²) in [5, 5.41) is 0. The Balaban J connectivity index is 1.16. The molecule has 52 heavy (non-hydrogen) atoms. The molecule has 0 spiro atoms. The zero-order valence-electron chi connectivity index (χ0n) is 28.4. The molecular formula is C30H38N11O9PS. The Bertz CT molecular complexity index is 2200. The van der Waals surface area contributed by atoms with Crippen molar-refractivity contribution in [1.29, 1.82) is 0 Å². The third-order valence-corrected chi connectivity index (χ3v) is 12.5. The third-order valence-electron chi connectivity index (χ3n) is 8.71. The number of fused-ring (bicyclic) bond motifs is 2. The number of anilines is 2. The van der Waals surface area contributed by atoms with Gasteiger partial charge in [-0.3, -0.25) is 18.2 Å². The molecule has 0 amide bonds. The smallest absolute Gasteiger partial charge is 0.382 e. The van der Waals surface area contributed by atoms with Crippen LogP contribution in [0.4, 0.5) is 11.6 Å². The Labute approximate surface area is 297 Å². The van der Waals surface area contributed by atoms with Crippen LogP contribution in [0.2, 0.25) is 0 Å². The van der Waals surface area contributed by atoms with Gasteiger partial charge in [0.05, 0.1) is 36.9 Å². The molecule has 5 N–H and O–H groups in total. The first-order valence-corrected chi connectivity index (χ1v) is 19.3. The number of benzene rings is 1. The lowest BCUT2D eigenvalue weighted by Crippen LogP contribution is -2.34. The zero-order valence-corrected chi connectivity index (χ0v) is 30.1. The monoisotopic (exact) mass is 759 g/mol. The predicted octanol–water partition coefficient (Wildman–Crippen LogP) is 2.25. The maximum Gasteiger partial charge on any atom is 0.419 e. The van der Waals surface area contributed by atoms with Crippen LogP contribution in [0.1, 0.15) is 37.8 Å². The number of methoxy groups -OCH3 is 1. The van der Waals surface area contributed by atoms with Gasteiger partial charge in [-0.2, -0.15) is 0 Å². The number of hydrogen-bond donors (Lipinski definition) is 3. The molecule has 2 aliphatic heterocycles. The molecule has 1 aromatic carbocycles. The maximum atomic E-state index is 14.7. The van der Waals surface area contributed by atoms with Crippen LogP contribution in [0.3, 0.4) is 0 Å². The molecular weight excluding hydrogens is 721 g/mol. The fraction of sp³-hybridized carbons (Fsp3) is 0.467. The van der Waals surface area contributed by atoms with Crippen LogP contribution in [-0.4, -0.2) is 98.8 Å². The normalized spacial score (nSPS) is 24.9. The fourth-order valence-corrected chi connectivity index (χ4v) is 9.67. The van der Waals surface area contributed by atoms with Gasteiger partial charge in [0.15, 0.2) is 22.9 Å². The van der Waals surface area contributed by atoms with Crippen molar-refractivity contribution in [2.75, 3.05) is 38.4 Å². The Morgan fingerprint density at radius 3 is 1.98 bits per heavy atom. The van der Waals surface area contributed by atoms with Gasteiger partial charge in [0.25, 0.3) is 0 Å². The van der Waals surface area contributed by atoms with Crippen LogP contribution in [0.15, 0.2) is 54.5 Å². The highest BCUT2D eigenvalue weighted by Gasteiger charge is 2.46. The number of ether oxygens (including phenoxy) is 4. The number of nitrogen functional groups attached to an aromatic ring is 2. The van der Waals surface area contributed by atoms with Crippen molar-refractivity contribution in [3.05, 3.63) is 55.1 Å². The molecule has 3 unspecified atom stereocenters. The van der Waals surface area contributed by atoms with Crippen molar-refractivity contribution in [3.63, 3.8) is 0 Å². The fourth-order valence-electron chi connectivity index (χ4n) is 6.21. The molecule has 0 radical (unpaired) electrons. The van der Waals surface area contributed by atoms with E-state index >= 15 is 0 Å². The van der Waals surface area contributed by atoms with Crippen LogP contribution in [-0.2, 0) is 42.6 Å². The van der Waals surface area contributed by atoms with Crippen LogP contribution in [0.25, 0.3) is 22.3 Å². The Kier molecular flexibility index (Phi) is 10.2. The number of nitrogens with two attached hydrogens (primary N) is 2. The predicted molar refractivity (Wildman–Crippen MR) is 184 cm³/mol. The number of aryl methyl sites for hydroxylation is 1. The molecule has 0 aliphatic carbocycles. The van der Waals surface area contributed by atoms with Crippen molar-refractivity contribution in [1.82, 2.24) is 43.5 Å². The summed E-state index contributed by atoms with van der Waals surface area (Å²) in [6.45, 7) is 3.61. The van der Waals surface area contributed by atoms with E-state index in [1.165, 1.54) is 44.6 Å². The molecule has 22 heteroatoms. The molecule has 2 fully saturated rings. The molecule has 0 bridgehead atoms. The maximum absolute atomic E-state index is 14.7. The first-order valence-electron chi connectivity index (χ1n) is 16.3. The van der Waals surface area contributed by atoms with Crippen LogP contribution in [0.5, 0.6) is 0 Å². The summed E-state index contributed by atoms with van der Waals surface area (Å²) >= 11 is 0. The lowest BCUT2D eigenvalue weighted by atomic mass is 10.2. The number of aromatic nitrogens is 8. The molecule has 5 aromatic rings. The van der Waals surface area contributed by atoms with Gasteiger partial charge in [0.2, 0.25) is 10.0 Å². The number of imidazole rings is 2. The van der Waals surface area contributed by atoms with Gasteiger partial charge in [-0.1, -0.05) is 17.7 Å². The highest BCUT2D eigenvalue weighted by atomic mass is 32.2. The van der Waals surface area contributed by atoms with E-state index in [9.17, 15) is 13.0 Å². The number of rotatable bonds is 14. The summed E-state index contributed by atoms with van der Waals surface area (Å²) in [5.41, 5.74) is 14.4. The van der Waals surface area contributed by atoms with Crippen molar-refractivity contribution in [3.8, 4) is 0 Å². The van der Waals surface area contributed by atoms with E-state index in [2.05, 4.69) is 34.4 Å². The average Bonchev–Trinajstić information content (AvgIpc) is 3.90. The summed E-state index contributed by atoms with van der Waals surface area (Å²) < 4.78 is 83.7. The van der Waals surface area contributed by atoms with Gasteiger partial charge in [-0.25, -0.2) is 42.9 Å². The lowest BCUT2D eigenvalue weighted by Gasteiger charge is -2.26. The SMILES string of the molecule is CCO[C@@H]1C[C@H](n2cnc3c(N)ncnc32)OC1COP(=O)(NS(=O)(=O)c1ccc(C)cc1)O[C@@H]1C[C@H](n2cnc3c(N)ncnc32)OC1COC. The summed E-state index contributed by atoms with van der Waals surface area (Å²) in [7, 11) is -7.71. The minimum atomic E-state index is -4.75. The van der Waals surface area contributed by atoms with E-state index in [1.54, 1.807) is 21.3 Å². The molecule has 7 atom stereocenters. The summed E-state index contributed by atoms with van der Waals surface area (Å²) in [6, 6.07) is 6.02. The third kappa shape index (κ3) is 7.23. The topological polar surface area (TPSA) is 258 Å². The quantitative estimate of drug-likeness (QED) is 0.137. The minimum Gasteiger partial charge on any atom is -0.382 e. The van der Waals surface area contributed by atoms with Gasteiger partial charge in [0, 0.05) is 26.6 Å². The Morgan fingerprint density at radius 1 is 0.865 bits per heavy atom. The van der Waals surface area contributed by atoms with E-state index < -0.39 is 54.6 Å². The van der Waals surface area contributed by atoms with E-state index in [0.29, 0.717) is 35.4 Å². The van der Waals surface area contributed by atoms with Crippen LogP contribution in [0, 0.1) is 6.92 Å². The number of sulfonamides is 1. The van der Waals surface area contributed by atoms with E-state index in [4.69, 9.17) is 39.5 Å². The lowest BCUT2D eigenvalue weighted by molar-refractivity contribution is -0.0624. The number of nitrogens with zero attached hydrogens (tertiary/aromatic N) is 8. The molecule has 6 heterocycles. The Morgan fingerprint density at radius 2 is 1.42 bits per heavy atom. The second-order valence-electron chi connectivity index (χ2n) is 12.2. The molecule has 278 valence electrons. The van der Waals surface area contributed by atoms with Crippen molar-refractivity contribution in [2.45, 2.75) is 68.5 Å². The molecule has 2 aliphatic rings. The zero-order chi connectivity index (χ0) is 36.6. The van der Waals surface area contributed by atoms with Gasteiger partial charge in [-0.15, -0.1) is 4.49 Å². The summed E-state index contributed by atoms with van der Waals surface area (Å²) in [6.07, 6.45) is 1.59. The molecule has 7 rings (SSSR count). The van der Waals surface area contributed by atoms with Crippen molar-refractivity contribution < 1.29 is 41.0 Å². The van der Waals surface area contributed by atoms with E-state index in [1.807, 2.05) is 13.8 Å². The second kappa shape index (κ2) is 14.7. The van der Waals surface area contributed by atoms with Gasteiger partial charge < -0.3 is 30.4 Å². The average molecular weight is 760 g/mol. The highest BCUT2D eigenvalue weighted by molar-refractivity contribution is 7.94. The van der Waals surface area contributed by atoms with E-state index in [-0.39, 0.29) is 36.2 Å². The molecule has 20 nitrogen and oxygen atoms in total. The molecule has 4 aromatic heterocycles. The van der Waals surface area contributed by atoms with Crippen LogP contribution < -0.4 is 16.0 Å². The Hall–Kier alpha value is -4.18. The molecule has 2 saturated heterocycles. The van der Waals surface area contributed by atoms with Gasteiger partial charge in [-0.05, 0) is 26.0 Å². The minimum absolute atomic E-state index is 0.0163. The standard InChI is InChI=1S/C30H38N11O9PS/c1-4-46-19-9-23(40-15-37-25-27(31)33-13-35-29(25)40)49-22(19)12-47-51(42,39-52(43,44)18-7-5-17(2)6-8-18)50-20-10-24(48-21(20)11-45-3)41-16-38-26-28(32)34-14-36-30(26)41/h5-8,13-16,19-24H,4,9-12H2,1-3H3,(H,39,42)(H2,31,33,35)(H2,32,34,36)/t19-,20-,21?,22?,23-,24-,51?/m1/s1. The van der Waals surface area contributed by atoms with Crippen molar-refractivity contribution in [2.24, 2.45) is 0 Å². The summed E-state index contributed by atoms with van der Waals surface area (Å²) in [4.78, 5) is 25.0. The van der Waals surface area contributed by atoms with Gasteiger partial charge >= 0.3 is 7.75 Å². The summed E-state index contributed by atoms with van der Waals surface area (Å²) in [5.74, 6) is 0.400. The second-order valence-corrected chi connectivity index (χ2v) is 15.9. The largest absolute Gasteiger partial charge is 0.419 e. The van der Waals surface area contributed by atoms with E-state index in [0.717, 1.165) is 5.56 Å². The van der Waals surface area contributed by atoms with Crippen LogP contribution >= 0.6 is 7.75 Å². The first-order chi connectivity index (χ1) is 25.0.